The maximum absolute atomic E-state index is 13.8. The molecule has 5 rings (SSSR count). The number of aromatic carboxylic acids is 1. The van der Waals surface area contributed by atoms with Gasteiger partial charge in [-0.15, -0.1) is 0 Å². The van der Waals surface area contributed by atoms with Gasteiger partial charge in [-0.1, -0.05) is 38.1 Å². The monoisotopic (exact) mass is 653 g/mol. The first kappa shape index (κ1) is 30.7. The quantitative estimate of drug-likeness (QED) is 0.154. The van der Waals surface area contributed by atoms with Crippen molar-refractivity contribution in [2.24, 2.45) is 5.10 Å². The maximum Gasteiger partial charge on any atom is 0.335 e. The number of nitrogens with zero attached hydrogens (tertiary/aromatic N) is 3. The first-order valence-electron chi connectivity index (χ1n) is 14.2. The maximum atomic E-state index is 13.8. The van der Waals surface area contributed by atoms with Gasteiger partial charge in [0, 0.05) is 5.56 Å². The fraction of sp³-hybridized carbons (Fsp3) is 0.200. The molecule has 0 atom stereocenters. The molecular weight excluding hydrogens is 622 g/mol. The van der Waals surface area contributed by atoms with Gasteiger partial charge >= 0.3 is 5.97 Å². The van der Waals surface area contributed by atoms with E-state index in [1.807, 2.05) is 62.4 Å². The van der Waals surface area contributed by atoms with Gasteiger partial charge in [0.15, 0.2) is 5.82 Å². The molecule has 0 unspecified atom stereocenters. The standard InChI is InChI=1S/C35H32BrN3O5/c1-5-43-32-16-22(4)28(18-27(32)21(2)3)33-38-30-9-7-6-8-26(30)34(40)39(33)37-19-24-12-15-31(29(36)17-24)44-20-23-10-13-25(14-11-23)35(41)42/h6-19,21H,5,20H2,1-4H3,(H,41,42). The van der Waals surface area contributed by atoms with Crippen LogP contribution in [0.4, 0.5) is 0 Å². The predicted molar refractivity (Wildman–Crippen MR) is 176 cm³/mol. The Hall–Kier alpha value is -4.76. The lowest BCUT2D eigenvalue weighted by Gasteiger charge is -2.18. The highest BCUT2D eigenvalue weighted by Gasteiger charge is 2.18. The molecule has 224 valence electrons. The highest BCUT2D eigenvalue weighted by atomic mass is 79.9. The number of carboxylic acid groups (broad SMARTS) is 1. The molecular formula is C35H32BrN3O5. The van der Waals surface area contributed by atoms with E-state index in [9.17, 15) is 9.59 Å². The van der Waals surface area contributed by atoms with Gasteiger partial charge < -0.3 is 14.6 Å². The number of hydrogen-bond acceptors (Lipinski definition) is 6. The molecule has 0 amide bonds. The van der Waals surface area contributed by atoms with Crippen molar-refractivity contribution in [2.75, 3.05) is 6.61 Å². The zero-order chi connectivity index (χ0) is 31.4. The average molecular weight is 655 g/mol. The Morgan fingerprint density at radius 2 is 1.77 bits per heavy atom. The molecule has 0 spiro atoms. The molecule has 5 aromatic rings. The number of hydrogen-bond donors (Lipinski definition) is 1. The number of carbonyl (C=O) groups is 1. The van der Waals surface area contributed by atoms with E-state index in [0.717, 1.165) is 33.6 Å². The summed E-state index contributed by atoms with van der Waals surface area (Å²) in [7, 11) is 0. The van der Waals surface area contributed by atoms with Crippen LogP contribution < -0.4 is 15.0 Å². The number of rotatable bonds is 10. The number of halogens is 1. The van der Waals surface area contributed by atoms with Crippen LogP contribution >= 0.6 is 15.9 Å². The minimum absolute atomic E-state index is 0.196. The fourth-order valence-corrected chi connectivity index (χ4v) is 5.33. The van der Waals surface area contributed by atoms with Gasteiger partial charge in [-0.05, 0) is 113 Å². The molecule has 1 N–H and O–H groups in total. The van der Waals surface area contributed by atoms with Crippen LogP contribution in [0.3, 0.4) is 0 Å². The summed E-state index contributed by atoms with van der Waals surface area (Å²) in [6, 6.07) is 23.4. The predicted octanol–water partition coefficient (Wildman–Crippen LogP) is 7.82. The van der Waals surface area contributed by atoms with Crippen LogP contribution in [-0.4, -0.2) is 33.6 Å². The van der Waals surface area contributed by atoms with Gasteiger partial charge in [-0.25, -0.2) is 9.78 Å². The molecule has 0 radical (unpaired) electrons. The summed E-state index contributed by atoms with van der Waals surface area (Å²) in [5, 5.41) is 14.2. The first-order chi connectivity index (χ1) is 21.2. The molecule has 8 nitrogen and oxygen atoms in total. The zero-order valence-electron chi connectivity index (χ0n) is 24.9. The normalized spacial score (nSPS) is 11.4. The third-order valence-electron chi connectivity index (χ3n) is 7.15. The highest BCUT2D eigenvalue weighted by molar-refractivity contribution is 9.10. The number of para-hydroxylation sites is 1. The molecule has 0 saturated heterocycles. The van der Waals surface area contributed by atoms with Gasteiger partial charge in [0.2, 0.25) is 0 Å². The molecule has 9 heteroatoms. The molecule has 0 bridgehead atoms. The van der Waals surface area contributed by atoms with Crippen LogP contribution in [0.1, 0.15) is 59.3 Å². The Morgan fingerprint density at radius 1 is 1.02 bits per heavy atom. The number of carboxylic acids is 1. The van der Waals surface area contributed by atoms with E-state index in [2.05, 4.69) is 34.9 Å². The van der Waals surface area contributed by atoms with Crippen molar-refractivity contribution in [2.45, 2.75) is 40.2 Å². The average Bonchev–Trinajstić information content (AvgIpc) is 3.00. The fourth-order valence-electron chi connectivity index (χ4n) is 4.82. The van der Waals surface area contributed by atoms with Crippen molar-refractivity contribution in [3.8, 4) is 22.9 Å². The summed E-state index contributed by atoms with van der Waals surface area (Å²) in [6.45, 7) is 8.98. The number of aromatic nitrogens is 2. The largest absolute Gasteiger partial charge is 0.494 e. The molecule has 4 aromatic carbocycles. The van der Waals surface area contributed by atoms with Crippen LogP contribution in [0.15, 0.2) is 93.2 Å². The van der Waals surface area contributed by atoms with Crippen LogP contribution in [-0.2, 0) is 6.61 Å². The lowest BCUT2D eigenvalue weighted by Crippen LogP contribution is -2.20. The summed E-state index contributed by atoms with van der Waals surface area (Å²) >= 11 is 3.57. The molecule has 0 saturated carbocycles. The Morgan fingerprint density at radius 3 is 2.45 bits per heavy atom. The summed E-state index contributed by atoms with van der Waals surface area (Å²) in [6.07, 6.45) is 1.62. The second kappa shape index (κ2) is 13.3. The molecule has 44 heavy (non-hydrogen) atoms. The molecule has 0 fully saturated rings. The van der Waals surface area contributed by atoms with Gasteiger partial charge in [0.05, 0.1) is 33.8 Å². The molecule has 0 aliphatic heterocycles. The smallest absolute Gasteiger partial charge is 0.335 e. The molecule has 0 aliphatic rings. The summed E-state index contributed by atoms with van der Waals surface area (Å²) in [5.41, 5.74) is 4.89. The van der Waals surface area contributed by atoms with E-state index < -0.39 is 5.97 Å². The lowest BCUT2D eigenvalue weighted by atomic mass is 9.96. The second-order valence-electron chi connectivity index (χ2n) is 10.6. The number of aryl methyl sites for hydroxylation is 1. The van der Waals surface area contributed by atoms with Gasteiger partial charge in [0.25, 0.3) is 5.56 Å². The minimum atomic E-state index is -0.971. The Kier molecular flexibility index (Phi) is 9.25. The third-order valence-corrected chi connectivity index (χ3v) is 7.77. The number of benzene rings is 4. The van der Waals surface area contributed by atoms with E-state index in [1.165, 1.54) is 4.68 Å². The third kappa shape index (κ3) is 6.58. The summed E-state index contributed by atoms with van der Waals surface area (Å²) in [5.74, 6) is 1.11. The van der Waals surface area contributed by atoms with Gasteiger partial charge in [-0.2, -0.15) is 9.78 Å². The van der Waals surface area contributed by atoms with Crippen molar-refractivity contribution in [3.05, 3.63) is 122 Å². The van der Waals surface area contributed by atoms with Crippen LogP contribution in [0.5, 0.6) is 11.5 Å². The second-order valence-corrected chi connectivity index (χ2v) is 11.4. The number of fused-ring (bicyclic) bond motifs is 1. The van der Waals surface area contributed by atoms with E-state index >= 15 is 0 Å². The Balaban J connectivity index is 1.49. The van der Waals surface area contributed by atoms with Crippen molar-refractivity contribution in [1.29, 1.82) is 0 Å². The Labute approximate surface area is 263 Å². The summed E-state index contributed by atoms with van der Waals surface area (Å²) < 4.78 is 13.9. The van der Waals surface area contributed by atoms with Crippen molar-refractivity contribution < 1.29 is 19.4 Å². The lowest BCUT2D eigenvalue weighted by molar-refractivity contribution is 0.0697. The molecule has 0 aliphatic carbocycles. The van der Waals surface area contributed by atoms with Crippen LogP contribution in [0, 0.1) is 6.92 Å². The van der Waals surface area contributed by atoms with E-state index in [1.54, 1.807) is 36.5 Å². The topological polar surface area (TPSA) is 103 Å². The van der Waals surface area contributed by atoms with E-state index in [-0.39, 0.29) is 23.6 Å². The highest BCUT2D eigenvalue weighted by Crippen LogP contribution is 2.34. The van der Waals surface area contributed by atoms with Crippen molar-refractivity contribution in [1.82, 2.24) is 9.66 Å². The number of ether oxygens (including phenoxy) is 2. The van der Waals surface area contributed by atoms with Gasteiger partial charge in [-0.3, -0.25) is 4.79 Å². The minimum Gasteiger partial charge on any atom is -0.494 e. The molecule has 1 aromatic heterocycles. The molecule has 1 heterocycles. The summed E-state index contributed by atoms with van der Waals surface area (Å²) in [4.78, 5) is 29.8. The van der Waals surface area contributed by atoms with Gasteiger partial charge in [0.1, 0.15) is 18.1 Å². The Bertz CT molecular complexity index is 1930. The van der Waals surface area contributed by atoms with E-state index in [4.69, 9.17) is 19.6 Å². The van der Waals surface area contributed by atoms with Crippen molar-refractivity contribution >= 4 is 39.0 Å². The van der Waals surface area contributed by atoms with Crippen LogP contribution in [0.2, 0.25) is 0 Å². The van der Waals surface area contributed by atoms with Crippen molar-refractivity contribution in [3.63, 3.8) is 0 Å². The SMILES string of the molecule is CCOc1cc(C)c(-c2nc3ccccc3c(=O)n2N=Cc2ccc(OCc3ccc(C(=O)O)cc3)c(Br)c2)cc1C(C)C. The zero-order valence-corrected chi connectivity index (χ0v) is 26.5. The van der Waals surface area contributed by atoms with E-state index in [0.29, 0.717) is 33.6 Å². The van der Waals surface area contributed by atoms with Crippen LogP contribution in [0.25, 0.3) is 22.3 Å². The first-order valence-corrected chi connectivity index (χ1v) is 15.0.